The fourth-order valence-corrected chi connectivity index (χ4v) is 2.93. The standard InChI is InChI=1S/C13H18O2S/c1-2-11-3-4-13(16-11)12(14)9-10-5-7-15-8-6-10/h3-4,10H,2,5-9H2,1H3. The summed E-state index contributed by atoms with van der Waals surface area (Å²) in [5.74, 6) is 0.852. The predicted octanol–water partition coefficient (Wildman–Crippen LogP) is 3.31. The number of rotatable bonds is 4. The molecule has 0 unspecified atom stereocenters. The van der Waals surface area contributed by atoms with E-state index in [2.05, 4.69) is 13.0 Å². The Morgan fingerprint density at radius 3 is 2.81 bits per heavy atom. The van der Waals surface area contributed by atoms with Crippen LogP contribution in [-0.2, 0) is 11.2 Å². The van der Waals surface area contributed by atoms with E-state index < -0.39 is 0 Å². The smallest absolute Gasteiger partial charge is 0.173 e. The Bertz CT molecular complexity index is 351. The summed E-state index contributed by atoms with van der Waals surface area (Å²) in [6.45, 7) is 3.77. The third-order valence-corrected chi connectivity index (χ3v) is 4.37. The minimum atomic E-state index is 0.316. The largest absolute Gasteiger partial charge is 0.381 e. The Morgan fingerprint density at radius 1 is 1.44 bits per heavy atom. The van der Waals surface area contributed by atoms with Crippen LogP contribution in [0.15, 0.2) is 12.1 Å². The Morgan fingerprint density at radius 2 is 2.19 bits per heavy atom. The van der Waals surface area contributed by atoms with Crippen LogP contribution in [0.3, 0.4) is 0 Å². The normalized spacial score (nSPS) is 17.6. The lowest BCUT2D eigenvalue weighted by Crippen LogP contribution is -2.18. The molecule has 0 aliphatic carbocycles. The van der Waals surface area contributed by atoms with E-state index in [0.29, 0.717) is 18.1 Å². The van der Waals surface area contributed by atoms with E-state index in [1.54, 1.807) is 11.3 Å². The van der Waals surface area contributed by atoms with E-state index >= 15 is 0 Å². The lowest BCUT2D eigenvalue weighted by molar-refractivity contribution is 0.0602. The summed E-state index contributed by atoms with van der Waals surface area (Å²) in [5, 5.41) is 0. The van der Waals surface area contributed by atoms with E-state index in [4.69, 9.17) is 4.74 Å². The van der Waals surface area contributed by atoms with Gasteiger partial charge in [-0.15, -0.1) is 11.3 Å². The van der Waals surface area contributed by atoms with Crippen molar-refractivity contribution < 1.29 is 9.53 Å². The van der Waals surface area contributed by atoms with E-state index in [9.17, 15) is 4.79 Å². The Hall–Kier alpha value is -0.670. The highest BCUT2D eigenvalue weighted by Gasteiger charge is 2.19. The van der Waals surface area contributed by atoms with Gasteiger partial charge in [-0.2, -0.15) is 0 Å². The molecule has 0 atom stereocenters. The van der Waals surface area contributed by atoms with Gasteiger partial charge in [-0.05, 0) is 37.3 Å². The molecule has 0 radical (unpaired) electrons. The van der Waals surface area contributed by atoms with E-state index in [-0.39, 0.29) is 0 Å². The van der Waals surface area contributed by atoms with Crippen molar-refractivity contribution in [2.45, 2.75) is 32.6 Å². The van der Waals surface area contributed by atoms with Gasteiger partial charge in [0, 0.05) is 24.5 Å². The van der Waals surface area contributed by atoms with Crippen LogP contribution < -0.4 is 0 Å². The van der Waals surface area contributed by atoms with Gasteiger partial charge in [-0.25, -0.2) is 0 Å². The number of hydrogen-bond acceptors (Lipinski definition) is 3. The summed E-state index contributed by atoms with van der Waals surface area (Å²) in [6, 6.07) is 4.05. The van der Waals surface area contributed by atoms with Crippen molar-refractivity contribution in [3.63, 3.8) is 0 Å². The average molecular weight is 238 g/mol. The molecule has 0 N–H and O–H groups in total. The van der Waals surface area contributed by atoms with Gasteiger partial charge in [0.1, 0.15) is 0 Å². The Kier molecular flexibility index (Phi) is 4.13. The molecule has 0 amide bonds. The molecule has 1 aliphatic rings. The molecule has 16 heavy (non-hydrogen) atoms. The summed E-state index contributed by atoms with van der Waals surface area (Å²) < 4.78 is 5.30. The van der Waals surface area contributed by atoms with Gasteiger partial charge in [0.25, 0.3) is 0 Å². The number of carbonyl (C=O) groups is 1. The lowest BCUT2D eigenvalue weighted by Gasteiger charge is -2.20. The predicted molar refractivity (Wildman–Crippen MR) is 66.2 cm³/mol. The summed E-state index contributed by atoms with van der Waals surface area (Å²) in [5.41, 5.74) is 0. The van der Waals surface area contributed by atoms with Crippen LogP contribution in [0.25, 0.3) is 0 Å². The van der Waals surface area contributed by atoms with Crippen LogP contribution >= 0.6 is 11.3 Å². The molecule has 2 heterocycles. The number of aryl methyl sites for hydroxylation is 1. The highest BCUT2D eigenvalue weighted by atomic mass is 32.1. The second-order valence-corrected chi connectivity index (χ2v) is 5.47. The van der Waals surface area contributed by atoms with Crippen molar-refractivity contribution in [2.24, 2.45) is 5.92 Å². The number of carbonyl (C=O) groups excluding carboxylic acids is 1. The van der Waals surface area contributed by atoms with Gasteiger partial charge in [-0.3, -0.25) is 4.79 Å². The highest BCUT2D eigenvalue weighted by Crippen LogP contribution is 2.24. The van der Waals surface area contributed by atoms with Gasteiger partial charge in [0.2, 0.25) is 0 Å². The molecule has 88 valence electrons. The van der Waals surface area contributed by atoms with Crippen molar-refractivity contribution in [2.75, 3.05) is 13.2 Å². The molecule has 1 aliphatic heterocycles. The quantitative estimate of drug-likeness (QED) is 0.752. The zero-order valence-electron chi connectivity index (χ0n) is 9.70. The number of Topliss-reactive ketones (excluding diaryl/α,β-unsaturated/α-hetero) is 1. The van der Waals surface area contributed by atoms with Crippen LogP contribution in [0.2, 0.25) is 0 Å². The van der Waals surface area contributed by atoms with Gasteiger partial charge >= 0.3 is 0 Å². The molecule has 2 rings (SSSR count). The number of ketones is 1. The minimum absolute atomic E-state index is 0.316. The number of thiophene rings is 1. The van der Waals surface area contributed by atoms with Crippen LogP contribution in [0.1, 0.15) is 40.7 Å². The van der Waals surface area contributed by atoms with Gasteiger partial charge in [-0.1, -0.05) is 6.92 Å². The van der Waals surface area contributed by atoms with Crippen LogP contribution in [-0.4, -0.2) is 19.0 Å². The third kappa shape index (κ3) is 2.92. The average Bonchev–Trinajstić information content (AvgIpc) is 2.79. The topological polar surface area (TPSA) is 26.3 Å². The van der Waals surface area contributed by atoms with Crippen LogP contribution in [0.4, 0.5) is 0 Å². The number of hydrogen-bond donors (Lipinski definition) is 0. The first-order valence-corrected chi connectivity index (χ1v) is 6.81. The molecule has 0 saturated carbocycles. The molecule has 0 bridgehead atoms. The molecule has 2 nitrogen and oxygen atoms in total. The van der Waals surface area contributed by atoms with Crippen molar-refractivity contribution in [3.05, 3.63) is 21.9 Å². The first-order valence-electron chi connectivity index (χ1n) is 5.99. The summed E-state index contributed by atoms with van der Waals surface area (Å²) in [7, 11) is 0. The Balaban J connectivity index is 1.91. The van der Waals surface area contributed by atoms with Crippen molar-refractivity contribution in [1.29, 1.82) is 0 Å². The van der Waals surface area contributed by atoms with E-state index in [1.807, 2.05) is 6.07 Å². The van der Waals surface area contributed by atoms with E-state index in [0.717, 1.165) is 37.4 Å². The molecule has 1 aromatic heterocycles. The van der Waals surface area contributed by atoms with Gasteiger partial charge < -0.3 is 4.74 Å². The first kappa shape index (κ1) is 11.8. The first-order chi connectivity index (χ1) is 7.79. The maximum atomic E-state index is 12.0. The fourth-order valence-electron chi connectivity index (χ4n) is 2.03. The molecule has 0 spiro atoms. The third-order valence-electron chi connectivity index (χ3n) is 3.10. The second-order valence-electron chi connectivity index (χ2n) is 4.30. The monoisotopic (exact) mass is 238 g/mol. The van der Waals surface area contributed by atoms with Crippen molar-refractivity contribution in [1.82, 2.24) is 0 Å². The molecule has 1 aromatic rings. The zero-order valence-corrected chi connectivity index (χ0v) is 10.5. The molecule has 1 fully saturated rings. The van der Waals surface area contributed by atoms with Crippen LogP contribution in [0, 0.1) is 5.92 Å². The van der Waals surface area contributed by atoms with Crippen molar-refractivity contribution in [3.8, 4) is 0 Å². The van der Waals surface area contributed by atoms with Crippen LogP contribution in [0.5, 0.6) is 0 Å². The van der Waals surface area contributed by atoms with Gasteiger partial charge in [0.05, 0.1) is 4.88 Å². The maximum Gasteiger partial charge on any atom is 0.173 e. The SMILES string of the molecule is CCc1ccc(C(=O)CC2CCOCC2)s1. The zero-order chi connectivity index (χ0) is 11.4. The van der Waals surface area contributed by atoms with Crippen molar-refractivity contribution >= 4 is 17.1 Å². The molecule has 1 saturated heterocycles. The molecular formula is C13H18O2S. The molecular weight excluding hydrogens is 220 g/mol. The summed E-state index contributed by atoms with van der Waals surface area (Å²) in [4.78, 5) is 14.2. The fraction of sp³-hybridized carbons (Fsp3) is 0.615. The summed E-state index contributed by atoms with van der Waals surface area (Å²) >= 11 is 1.65. The molecule has 0 aromatic carbocycles. The second kappa shape index (κ2) is 5.60. The Labute approximate surface area is 101 Å². The maximum absolute atomic E-state index is 12.0. The van der Waals surface area contributed by atoms with Gasteiger partial charge in [0.15, 0.2) is 5.78 Å². The number of ether oxygens (including phenoxy) is 1. The highest BCUT2D eigenvalue weighted by molar-refractivity contribution is 7.14. The van der Waals surface area contributed by atoms with E-state index in [1.165, 1.54) is 4.88 Å². The lowest BCUT2D eigenvalue weighted by atomic mass is 9.94. The minimum Gasteiger partial charge on any atom is -0.381 e. The summed E-state index contributed by atoms with van der Waals surface area (Å²) in [6.07, 6.45) is 3.80. The molecule has 3 heteroatoms.